The van der Waals surface area contributed by atoms with Gasteiger partial charge in [0, 0.05) is 19.3 Å². The van der Waals surface area contributed by atoms with Gasteiger partial charge < -0.3 is 10.6 Å². The number of aromatic nitrogens is 1. The first-order chi connectivity index (χ1) is 8.21. The minimum atomic E-state index is 0.685. The van der Waals surface area contributed by atoms with Gasteiger partial charge in [0.1, 0.15) is 5.82 Å². The van der Waals surface area contributed by atoms with Gasteiger partial charge in [0.25, 0.3) is 0 Å². The van der Waals surface area contributed by atoms with Gasteiger partial charge in [0.2, 0.25) is 0 Å². The van der Waals surface area contributed by atoms with Gasteiger partial charge in [0.15, 0.2) is 0 Å². The first-order valence-corrected chi connectivity index (χ1v) is 6.61. The highest BCUT2D eigenvalue weighted by atomic mass is 35.5. The van der Waals surface area contributed by atoms with Crippen LogP contribution in [0, 0.1) is 5.92 Å². The van der Waals surface area contributed by atoms with Crippen molar-refractivity contribution in [1.82, 2.24) is 10.3 Å². The Labute approximate surface area is 109 Å². The van der Waals surface area contributed by atoms with Gasteiger partial charge in [0.05, 0.1) is 5.02 Å². The van der Waals surface area contributed by atoms with E-state index in [4.69, 9.17) is 11.6 Å². The van der Waals surface area contributed by atoms with E-state index in [0.29, 0.717) is 10.9 Å². The predicted octanol–water partition coefficient (Wildman–Crippen LogP) is 3.30. The second-order valence-corrected chi connectivity index (χ2v) is 4.67. The lowest BCUT2D eigenvalue weighted by Crippen LogP contribution is -2.14. The van der Waals surface area contributed by atoms with Crippen LogP contribution in [0.1, 0.15) is 32.3 Å². The van der Waals surface area contributed by atoms with Crippen LogP contribution in [0.2, 0.25) is 5.02 Å². The molecule has 1 rings (SSSR count). The molecule has 0 radical (unpaired) electrons. The second-order valence-electron chi connectivity index (χ2n) is 4.27. The molecule has 4 heteroatoms. The van der Waals surface area contributed by atoms with Crippen molar-refractivity contribution in [1.29, 1.82) is 0 Å². The largest absolute Gasteiger partial charge is 0.369 e. The molecule has 0 aromatic carbocycles. The predicted molar refractivity (Wildman–Crippen MR) is 74.6 cm³/mol. The molecule has 0 saturated heterocycles. The van der Waals surface area contributed by atoms with E-state index in [9.17, 15) is 0 Å². The number of anilines is 1. The molecule has 1 aromatic rings. The lowest BCUT2D eigenvalue weighted by atomic mass is 10.0. The SMILES string of the molecule is CCC(CC)CNc1ncc(CNC)cc1Cl. The summed E-state index contributed by atoms with van der Waals surface area (Å²) in [5.41, 5.74) is 1.10. The number of halogens is 1. The second kappa shape index (κ2) is 7.51. The normalized spacial score (nSPS) is 10.9. The van der Waals surface area contributed by atoms with E-state index in [1.807, 2.05) is 19.3 Å². The minimum absolute atomic E-state index is 0.685. The summed E-state index contributed by atoms with van der Waals surface area (Å²) in [6, 6.07) is 1.96. The number of hydrogen-bond acceptors (Lipinski definition) is 3. The molecular formula is C13H22ClN3. The zero-order chi connectivity index (χ0) is 12.7. The smallest absolute Gasteiger partial charge is 0.144 e. The third-order valence-electron chi connectivity index (χ3n) is 2.99. The Morgan fingerprint density at radius 3 is 2.59 bits per heavy atom. The highest BCUT2D eigenvalue weighted by Crippen LogP contribution is 2.21. The summed E-state index contributed by atoms with van der Waals surface area (Å²) < 4.78 is 0. The topological polar surface area (TPSA) is 37.0 Å². The molecule has 0 aliphatic heterocycles. The van der Waals surface area contributed by atoms with Gasteiger partial charge in [-0.15, -0.1) is 0 Å². The summed E-state index contributed by atoms with van der Waals surface area (Å²) in [6.07, 6.45) is 4.22. The molecule has 2 N–H and O–H groups in total. The molecule has 0 fully saturated rings. The lowest BCUT2D eigenvalue weighted by Gasteiger charge is -2.14. The third-order valence-corrected chi connectivity index (χ3v) is 3.28. The monoisotopic (exact) mass is 255 g/mol. The summed E-state index contributed by atoms with van der Waals surface area (Å²) in [7, 11) is 1.91. The molecule has 0 unspecified atom stereocenters. The Kier molecular flexibility index (Phi) is 6.30. The fraction of sp³-hybridized carbons (Fsp3) is 0.615. The Morgan fingerprint density at radius 1 is 1.35 bits per heavy atom. The number of nitrogens with zero attached hydrogens (tertiary/aromatic N) is 1. The van der Waals surface area contributed by atoms with Crippen molar-refractivity contribution in [3.05, 3.63) is 22.8 Å². The molecule has 1 aromatic heterocycles. The Morgan fingerprint density at radius 2 is 2.06 bits per heavy atom. The van der Waals surface area contributed by atoms with Gasteiger partial charge in [-0.1, -0.05) is 38.3 Å². The summed E-state index contributed by atoms with van der Waals surface area (Å²) in [4.78, 5) is 4.35. The highest BCUT2D eigenvalue weighted by molar-refractivity contribution is 6.32. The fourth-order valence-electron chi connectivity index (χ4n) is 1.73. The van der Waals surface area contributed by atoms with Crippen LogP contribution in [0.5, 0.6) is 0 Å². The van der Waals surface area contributed by atoms with E-state index in [-0.39, 0.29) is 0 Å². The molecule has 0 amide bonds. The van der Waals surface area contributed by atoms with Crippen LogP contribution in [0.15, 0.2) is 12.3 Å². The Bertz CT molecular complexity index is 337. The number of hydrogen-bond donors (Lipinski definition) is 2. The van der Waals surface area contributed by atoms with Crippen molar-refractivity contribution in [2.75, 3.05) is 18.9 Å². The first kappa shape index (κ1) is 14.3. The standard InChI is InChI=1S/C13H22ClN3/c1-4-10(5-2)8-16-13-12(14)6-11(7-15-3)9-17-13/h6,9-10,15H,4-5,7-8H2,1-3H3,(H,16,17). The van der Waals surface area contributed by atoms with Crippen LogP contribution < -0.4 is 10.6 Å². The van der Waals surface area contributed by atoms with Crippen LogP contribution in [0.3, 0.4) is 0 Å². The Balaban J connectivity index is 2.59. The van der Waals surface area contributed by atoms with E-state index >= 15 is 0 Å². The zero-order valence-corrected chi connectivity index (χ0v) is 11.6. The lowest BCUT2D eigenvalue weighted by molar-refractivity contribution is 0.518. The van der Waals surface area contributed by atoms with E-state index in [2.05, 4.69) is 29.5 Å². The zero-order valence-electron chi connectivity index (χ0n) is 10.9. The molecule has 0 bridgehead atoms. The summed E-state index contributed by atoms with van der Waals surface area (Å²) >= 11 is 6.18. The van der Waals surface area contributed by atoms with E-state index in [1.165, 1.54) is 12.8 Å². The Hall–Kier alpha value is -0.800. The van der Waals surface area contributed by atoms with Gasteiger partial charge in [-0.25, -0.2) is 4.98 Å². The van der Waals surface area contributed by atoms with Gasteiger partial charge in [-0.2, -0.15) is 0 Å². The average Bonchev–Trinajstić information content (AvgIpc) is 2.33. The number of rotatable bonds is 7. The number of pyridine rings is 1. The molecule has 17 heavy (non-hydrogen) atoms. The molecule has 0 spiro atoms. The van der Waals surface area contributed by atoms with Crippen molar-refractivity contribution < 1.29 is 0 Å². The highest BCUT2D eigenvalue weighted by Gasteiger charge is 2.06. The molecule has 0 aliphatic rings. The van der Waals surface area contributed by atoms with Gasteiger partial charge in [-0.3, -0.25) is 0 Å². The maximum Gasteiger partial charge on any atom is 0.144 e. The first-order valence-electron chi connectivity index (χ1n) is 6.24. The molecule has 0 saturated carbocycles. The van der Waals surface area contributed by atoms with Crippen molar-refractivity contribution in [2.24, 2.45) is 5.92 Å². The summed E-state index contributed by atoms with van der Waals surface area (Å²) in [6.45, 7) is 6.15. The van der Waals surface area contributed by atoms with Crippen LogP contribution in [0.4, 0.5) is 5.82 Å². The maximum absolute atomic E-state index is 6.18. The summed E-state index contributed by atoms with van der Waals surface area (Å²) in [5.74, 6) is 1.48. The van der Waals surface area contributed by atoms with Crippen LogP contribution in [-0.4, -0.2) is 18.6 Å². The van der Waals surface area contributed by atoms with E-state index in [0.717, 1.165) is 24.5 Å². The van der Waals surface area contributed by atoms with Gasteiger partial charge in [-0.05, 0) is 24.6 Å². The van der Waals surface area contributed by atoms with Crippen LogP contribution in [-0.2, 0) is 6.54 Å². The van der Waals surface area contributed by atoms with Crippen molar-refractivity contribution in [3.63, 3.8) is 0 Å². The molecule has 0 aliphatic carbocycles. The van der Waals surface area contributed by atoms with Gasteiger partial charge >= 0.3 is 0 Å². The van der Waals surface area contributed by atoms with E-state index < -0.39 is 0 Å². The number of nitrogens with one attached hydrogen (secondary N) is 2. The summed E-state index contributed by atoms with van der Waals surface area (Å²) in [5, 5.41) is 7.10. The molecule has 0 atom stereocenters. The fourth-order valence-corrected chi connectivity index (χ4v) is 1.98. The van der Waals surface area contributed by atoms with E-state index in [1.54, 1.807) is 0 Å². The molecule has 96 valence electrons. The molecular weight excluding hydrogens is 234 g/mol. The maximum atomic E-state index is 6.18. The molecule has 3 nitrogen and oxygen atoms in total. The van der Waals surface area contributed by atoms with Crippen molar-refractivity contribution >= 4 is 17.4 Å². The average molecular weight is 256 g/mol. The minimum Gasteiger partial charge on any atom is -0.369 e. The van der Waals surface area contributed by atoms with Crippen LogP contribution in [0.25, 0.3) is 0 Å². The third kappa shape index (κ3) is 4.52. The molecule has 1 heterocycles. The van der Waals surface area contributed by atoms with Crippen molar-refractivity contribution in [2.45, 2.75) is 33.2 Å². The quantitative estimate of drug-likeness (QED) is 0.785. The van der Waals surface area contributed by atoms with Crippen LogP contribution >= 0.6 is 11.6 Å². The van der Waals surface area contributed by atoms with Crippen molar-refractivity contribution in [3.8, 4) is 0 Å².